The number of rotatable bonds is 5. The van der Waals surface area contributed by atoms with E-state index in [1.807, 2.05) is 4.57 Å². The second kappa shape index (κ2) is 8.96. The fraction of sp³-hybridized carbons (Fsp3) is 0.409. The Kier molecular flexibility index (Phi) is 6.35. The molecule has 1 aliphatic rings. The molecule has 34 heavy (non-hydrogen) atoms. The van der Waals surface area contributed by atoms with Gasteiger partial charge in [0.05, 0.1) is 23.5 Å². The van der Waals surface area contributed by atoms with E-state index in [2.05, 4.69) is 16.0 Å². The van der Waals surface area contributed by atoms with E-state index in [1.165, 1.54) is 12.1 Å². The highest BCUT2D eigenvalue weighted by atomic mass is 32.2. The zero-order valence-electron chi connectivity index (χ0n) is 18.1. The number of nitrogens with one attached hydrogen (secondary N) is 1. The Morgan fingerprint density at radius 1 is 1.18 bits per heavy atom. The number of hydrogen-bond acceptors (Lipinski definition) is 5. The molecule has 0 saturated heterocycles. The Hall–Kier alpha value is -3.04. The molecule has 1 aromatic carbocycles. The minimum Gasteiger partial charge on any atom is -0.334 e. The van der Waals surface area contributed by atoms with Gasteiger partial charge >= 0.3 is 6.18 Å². The van der Waals surface area contributed by atoms with Crippen LogP contribution in [0.1, 0.15) is 50.6 Å². The van der Waals surface area contributed by atoms with Crippen LogP contribution in [0.25, 0.3) is 22.4 Å². The summed E-state index contributed by atoms with van der Waals surface area (Å²) in [6.45, 7) is 0.688. The first kappa shape index (κ1) is 24.1. The van der Waals surface area contributed by atoms with Crippen molar-refractivity contribution in [3.8, 4) is 17.6 Å². The zero-order valence-corrected chi connectivity index (χ0v) is 18.9. The first-order chi connectivity index (χ1) is 16.0. The molecule has 2 aromatic heterocycles. The molecule has 1 unspecified atom stereocenters. The van der Waals surface area contributed by atoms with Crippen molar-refractivity contribution < 1.29 is 26.0 Å². The summed E-state index contributed by atoms with van der Waals surface area (Å²) >= 11 is 0. The topological polar surface area (TPSA) is 101 Å². The van der Waals surface area contributed by atoms with Crippen molar-refractivity contribution in [3.63, 3.8) is 0 Å². The molecule has 180 valence electrons. The number of benzene rings is 1. The second-order valence-electron chi connectivity index (χ2n) is 8.29. The minimum atomic E-state index is -4.76. The Bertz CT molecular complexity index is 1360. The zero-order chi connectivity index (χ0) is 24.7. The maximum absolute atomic E-state index is 14.0. The van der Waals surface area contributed by atoms with Crippen molar-refractivity contribution in [2.45, 2.75) is 62.2 Å². The van der Waals surface area contributed by atoms with Crippen molar-refractivity contribution in [3.05, 3.63) is 42.0 Å². The molecule has 0 radical (unpaired) electrons. The highest BCUT2D eigenvalue weighted by Gasteiger charge is 2.39. The number of hydrogen-bond donors (Lipinski definition) is 1. The van der Waals surface area contributed by atoms with Crippen LogP contribution < -0.4 is 4.72 Å². The normalized spacial score (nSPS) is 16.5. The number of aromatic nitrogens is 3. The van der Waals surface area contributed by atoms with Gasteiger partial charge in [-0.25, -0.2) is 22.8 Å². The average Bonchev–Trinajstić information content (AvgIpc) is 3.12. The van der Waals surface area contributed by atoms with Gasteiger partial charge in [-0.1, -0.05) is 19.3 Å². The predicted octanol–water partition coefficient (Wildman–Crippen LogP) is 4.84. The third kappa shape index (κ3) is 4.50. The highest BCUT2D eigenvalue weighted by molar-refractivity contribution is 7.89. The summed E-state index contributed by atoms with van der Waals surface area (Å²) < 4.78 is 80.6. The van der Waals surface area contributed by atoms with E-state index in [0.29, 0.717) is 23.5 Å². The molecule has 3 aromatic rings. The summed E-state index contributed by atoms with van der Waals surface area (Å²) in [7, 11) is -4.53. The minimum absolute atomic E-state index is 0.0140. The van der Waals surface area contributed by atoms with Gasteiger partial charge in [0.2, 0.25) is 10.0 Å². The van der Waals surface area contributed by atoms with Crippen molar-refractivity contribution in [2.24, 2.45) is 0 Å². The molecule has 7 nitrogen and oxygen atoms in total. The van der Waals surface area contributed by atoms with Crippen molar-refractivity contribution in [1.29, 1.82) is 5.26 Å². The van der Waals surface area contributed by atoms with E-state index in [1.54, 1.807) is 10.8 Å². The lowest BCUT2D eigenvalue weighted by molar-refractivity contribution is -0.147. The molecular formula is C22H21F4N5O2S. The number of sulfonamides is 1. The van der Waals surface area contributed by atoms with E-state index >= 15 is 0 Å². The van der Waals surface area contributed by atoms with E-state index in [0.717, 1.165) is 44.5 Å². The summed E-state index contributed by atoms with van der Waals surface area (Å²) in [6, 6.07) is 3.95. The summed E-state index contributed by atoms with van der Waals surface area (Å²) in [5.41, 5.74) is 1.12. The van der Waals surface area contributed by atoms with Gasteiger partial charge < -0.3 is 4.57 Å². The number of nitriles is 1. The summed E-state index contributed by atoms with van der Waals surface area (Å²) in [5, 5.41) is 10.3. The number of nitrogens with zero attached hydrogens (tertiary/aromatic N) is 4. The highest BCUT2D eigenvalue weighted by Crippen LogP contribution is 2.39. The molecule has 2 heterocycles. The van der Waals surface area contributed by atoms with Gasteiger partial charge in [0.25, 0.3) is 0 Å². The molecule has 0 amide bonds. The van der Waals surface area contributed by atoms with Crippen LogP contribution in [0.4, 0.5) is 17.6 Å². The van der Waals surface area contributed by atoms with E-state index in [9.17, 15) is 31.2 Å². The lowest BCUT2D eigenvalue weighted by Crippen LogP contribution is -2.43. The SMILES string of the molecule is CC(NS(=O)(=O)c1cnc(-c2c(C#N)c3cc(F)ccc3n2C2CCCCC2)nc1)C(F)(F)F. The molecule has 4 rings (SSSR count). The van der Waals surface area contributed by atoms with Gasteiger partial charge in [-0.3, -0.25) is 0 Å². The summed E-state index contributed by atoms with van der Waals surface area (Å²) in [6.07, 6.45) is 1.76. The van der Waals surface area contributed by atoms with Gasteiger partial charge in [-0.05, 0) is 38.0 Å². The van der Waals surface area contributed by atoms with Gasteiger partial charge in [-0.2, -0.15) is 23.2 Å². The Labute approximate surface area is 193 Å². The Morgan fingerprint density at radius 2 is 1.82 bits per heavy atom. The molecule has 0 aliphatic heterocycles. The maximum atomic E-state index is 14.0. The van der Waals surface area contributed by atoms with Gasteiger partial charge in [-0.15, -0.1) is 0 Å². The second-order valence-corrected chi connectivity index (χ2v) is 10.00. The van der Waals surface area contributed by atoms with Crippen molar-refractivity contribution >= 4 is 20.9 Å². The Morgan fingerprint density at radius 3 is 2.41 bits per heavy atom. The largest absolute Gasteiger partial charge is 0.404 e. The van der Waals surface area contributed by atoms with Crippen LogP contribution in [0.15, 0.2) is 35.5 Å². The molecule has 1 aliphatic carbocycles. The maximum Gasteiger partial charge on any atom is 0.404 e. The van der Waals surface area contributed by atoms with Gasteiger partial charge in [0.1, 0.15) is 28.5 Å². The number of alkyl halides is 3. The molecule has 1 atom stereocenters. The molecule has 1 fully saturated rings. The third-order valence-electron chi connectivity index (χ3n) is 5.99. The van der Waals surface area contributed by atoms with Crippen LogP contribution in [0, 0.1) is 17.1 Å². The van der Waals surface area contributed by atoms with E-state index < -0.39 is 33.0 Å². The van der Waals surface area contributed by atoms with Crippen LogP contribution in [0.3, 0.4) is 0 Å². The first-order valence-corrected chi connectivity index (χ1v) is 12.2. The molecule has 12 heteroatoms. The molecule has 0 spiro atoms. The molecule has 1 N–H and O–H groups in total. The number of fused-ring (bicyclic) bond motifs is 1. The third-order valence-corrected chi connectivity index (χ3v) is 7.49. The number of halogens is 4. The Balaban J connectivity index is 1.82. The fourth-order valence-corrected chi connectivity index (χ4v) is 5.40. The molecular weight excluding hydrogens is 474 g/mol. The monoisotopic (exact) mass is 495 g/mol. The first-order valence-electron chi connectivity index (χ1n) is 10.7. The van der Waals surface area contributed by atoms with Crippen LogP contribution in [0.2, 0.25) is 0 Å². The van der Waals surface area contributed by atoms with Crippen LogP contribution in [-0.4, -0.2) is 35.2 Å². The molecule has 0 bridgehead atoms. The standard InChI is InChI=1S/C22H21F4N5O2S/c1-13(22(24,25)26)30-34(32,33)16-11-28-21(29-12-16)20-18(10-27)17-9-14(23)7-8-19(17)31(20)15-5-3-2-4-6-15/h7-9,11-13,15,30H,2-6H2,1H3. The van der Waals surface area contributed by atoms with Crippen LogP contribution in [-0.2, 0) is 10.0 Å². The lowest BCUT2D eigenvalue weighted by Gasteiger charge is -2.26. The quantitative estimate of drug-likeness (QED) is 0.511. The predicted molar refractivity (Wildman–Crippen MR) is 116 cm³/mol. The summed E-state index contributed by atoms with van der Waals surface area (Å²) in [4.78, 5) is 7.63. The van der Waals surface area contributed by atoms with E-state index in [4.69, 9.17) is 0 Å². The molecule has 1 saturated carbocycles. The van der Waals surface area contributed by atoms with Crippen molar-refractivity contribution in [2.75, 3.05) is 0 Å². The smallest absolute Gasteiger partial charge is 0.334 e. The van der Waals surface area contributed by atoms with Gasteiger partial charge in [0, 0.05) is 11.4 Å². The lowest BCUT2D eigenvalue weighted by atomic mass is 9.95. The van der Waals surface area contributed by atoms with Crippen molar-refractivity contribution in [1.82, 2.24) is 19.3 Å². The fourth-order valence-electron chi connectivity index (χ4n) is 4.28. The van der Waals surface area contributed by atoms with Crippen LogP contribution in [0.5, 0.6) is 0 Å². The van der Waals surface area contributed by atoms with Gasteiger partial charge in [0.15, 0.2) is 5.82 Å². The van der Waals surface area contributed by atoms with Crippen LogP contribution >= 0.6 is 0 Å². The summed E-state index contributed by atoms with van der Waals surface area (Å²) in [5.74, 6) is -0.481. The average molecular weight is 496 g/mol. The van der Waals surface area contributed by atoms with E-state index in [-0.39, 0.29) is 17.4 Å².